The Morgan fingerprint density at radius 3 is 2.69 bits per heavy atom. The van der Waals surface area contributed by atoms with Crippen molar-refractivity contribution in [2.45, 2.75) is 24.6 Å². The van der Waals surface area contributed by atoms with Gasteiger partial charge in [0.15, 0.2) is 23.6 Å². The van der Waals surface area contributed by atoms with E-state index in [1.807, 2.05) is 31.1 Å². The third-order valence-corrected chi connectivity index (χ3v) is 6.79. The van der Waals surface area contributed by atoms with Crippen LogP contribution in [0.2, 0.25) is 5.02 Å². The Hall–Kier alpha value is -3.84. The number of allylic oxidation sites excluding steroid dienone is 1. The molecule has 0 bridgehead atoms. The van der Waals surface area contributed by atoms with Crippen LogP contribution < -0.4 is 15.5 Å². The maximum atomic E-state index is 13.0. The van der Waals surface area contributed by atoms with Crippen LogP contribution in [0.5, 0.6) is 0 Å². The fourth-order valence-corrected chi connectivity index (χ4v) is 4.64. The minimum absolute atomic E-state index is 0.101. The highest BCUT2D eigenvalue weighted by molar-refractivity contribution is 6.32. The Morgan fingerprint density at radius 1 is 1.23 bits per heavy atom. The van der Waals surface area contributed by atoms with Gasteiger partial charge in [-0.3, -0.25) is 4.79 Å². The van der Waals surface area contributed by atoms with E-state index in [2.05, 4.69) is 25.7 Å². The third kappa shape index (κ3) is 5.50. The normalized spacial score (nSPS) is 19.4. The fourth-order valence-electron chi connectivity index (χ4n) is 4.50. The van der Waals surface area contributed by atoms with Gasteiger partial charge in [0, 0.05) is 50.3 Å². The summed E-state index contributed by atoms with van der Waals surface area (Å²) in [4.78, 5) is 22.2. The molecule has 1 unspecified atom stereocenters. The molecular formula is C25H25ClF3N7O3. The van der Waals surface area contributed by atoms with Crippen LogP contribution in [0, 0.1) is 0 Å². The van der Waals surface area contributed by atoms with Gasteiger partial charge in [0.05, 0.1) is 30.6 Å². The van der Waals surface area contributed by atoms with Gasteiger partial charge in [-0.1, -0.05) is 11.6 Å². The molecule has 2 aromatic heterocycles. The zero-order valence-corrected chi connectivity index (χ0v) is 21.8. The average molecular weight is 564 g/mol. The molecular weight excluding hydrogens is 539 g/mol. The summed E-state index contributed by atoms with van der Waals surface area (Å²) in [5, 5.41) is 10.3. The Bertz CT molecular complexity index is 1420. The second-order valence-electron chi connectivity index (χ2n) is 9.42. The zero-order chi connectivity index (χ0) is 27.8. The highest BCUT2D eigenvalue weighted by Gasteiger charge is 2.39. The molecule has 0 radical (unpaired) electrons. The number of aromatic nitrogens is 4. The lowest BCUT2D eigenvalue weighted by molar-refractivity contribution is -0.141. The van der Waals surface area contributed by atoms with Gasteiger partial charge in [0.2, 0.25) is 0 Å². The van der Waals surface area contributed by atoms with Gasteiger partial charge in [-0.2, -0.15) is 23.3 Å². The summed E-state index contributed by atoms with van der Waals surface area (Å²) in [5.74, 6) is 0.237. The number of nitrogens with zero attached hydrogens (tertiary/aromatic N) is 5. The van der Waals surface area contributed by atoms with Crippen LogP contribution in [0.15, 0.2) is 42.4 Å². The molecule has 0 amide bonds. The topological polar surface area (TPSA) is 106 Å². The van der Waals surface area contributed by atoms with Crippen molar-refractivity contribution >= 4 is 40.8 Å². The number of benzene rings is 1. The molecule has 1 atom stereocenters. The van der Waals surface area contributed by atoms with Gasteiger partial charge in [-0.15, -0.1) is 0 Å². The zero-order valence-electron chi connectivity index (χ0n) is 21.0. The second-order valence-corrected chi connectivity index (χ2v) is 9.83. The minimum atomic E-state index is -4.60. The number of ether oxygens (including phenoxy) is 2. The summed E-state index contributed by atoms with van der Waals surface area (Å²) in [6.45, 7) is 1.46. The molecule has 14 heteroatoms. The van der Waals surface area contributed by atoms with E-state index >= 15 is 0 Å². The number of alkyl halides is 3. The van der Waals surface area contributed by atoms with E-state index in [4.69, 9.17) is 21.1 Å². The quantitative estimate of drug-likeness (QED) is 0.427. The number of rotatable bonds is 6. The largest absolute Gasteiger partial charge is 0.488 e. The number of nitrogens with one attached hydrogen (secondary N) is 2. The number of aldehydes is 1. The standard InChI is InChI=1S/C25H25ClF3N7O3/c1-35(2)18-4-3-15(11-16(18)21-19(13-37)39-10-7-24(33-21)6-9-38-14-24)31-22-17(26)12-30-23(32-22)36-8-5-20(34-36)25(27,28)29/h3-5,8,11-13,33H,6-7,9-10,14H2,1-2H3,(H,30,31,32). The maximum absolute atomic E-state index is 13.0. The molecule has 5 rings (SSSR count). The molecule has 2 aliphatic rings. The number of hydrogen-bond acceptors (Lipinski definition) is 9. The van der Waals surface area contributed by atoms with Gasteiger partial charge in [-0.25, -0.2) is 9.67 Å². The molecule has 206 valence electrons. The second kappa shape index (κ2) is 10.4. The lowest BCUT2D eigenvalue weighted by Crippen LogP contribution is -2.44. The first kappa shape index (κ1) is 26.8. The van der Waals surface area contributed by atoms with E-state index in [-0.39, 0.29) is 28.1 Å². The predicted octanol–water partition coefficient (Wildman–Crippen LogP) is 4.18. The average Bonchev–Trinajstić information content (AvgIpc) is 3.53. The Balaban J connectivity index is 1.52. The Labute approximate surface area is 226 Å². The maximum Gasteiger partial charge on any atom is 0.435 e. The van der Waals surface area contributed by atoms with Crippen LogP contribution >= 0.6 is 11.6 Å². The molecule has 0 aliphatic carbocycles. The molecule has 10 nitrogen and oxygen atoms in total. The number of halogens is 4. The van der Waals surface area contributed by atoms with Gasteiger partial charge < -0.3 is 25.0 Å². The smallest absolute Gasteiger partial charge is 0.435 e. The molecule has 1 saturated heterocycles. The summed E-state index contributed by atoms with van der Waals surface area (Å²) in [6.07, 6.45) is -0.0851. The van der Waals surface area contributed by atoms with Gasteiger partial charge in [0.1, 0.15) is 5.02 Å². The fraction of sp³-hybridized carbons (Fsp3) is 0.360. The molecule has 1 spiro atoms. The van der Waals surface area contributed by atoms with Crippen LogP contribution in [0.3, 0.4) is 0 Å². The van der Waals surface area contributed by atoms with Gasteiger partial charge in [0.25, 0.3) is 5.95 Å². The van der Waals surface area contributed by atoms with E-state index in [0.29, 0.717) is 49.5 Å². The van der Waals surface area contributed by atoms with Crippen molar-refractivity contribution in [3.63, 3.8) is 0 Å². The highest BCUT2D eigenvalue weighted by Crippen LogP contribution is 2.37. The minimum Gasteiger partial charge on any atom is -0.488 e. The van der Waals surface area contributed by atoms with Gasteiger partial charge in [-0.05, 0) is 30.7 Å². The van der Waals surface area contributed by atoms with Crippen LogP contribution in [0.25, 0.3) is 11.6 Å². The molecule has 2 aliphatic heterocycles. The van der Waals surface area contributed by atoms with Crippen LogP contribution in [-0.2, 0) is 20.4 Å². The van der Waals surface area contributed by atoms with E-state index < -0.39 is 11.9 Å². The van der Waals surface area contributed by atoms with Gasteiger partial charge >= 0.3 is 6.18 Å². The molecule has 3 aromatic rings. The van der Waals surface area contributed by atoms with Crippen molar-refractivity contribution in [2.75, 3.05) is 44.1 Å². The summed E-state index contributed by atoms with van der Waals surface area (Å²) < 4.78 is 51.4. The third-order valence-electron chi connectivity index (χ3n) is 6.51. The summed E-state index contributed by atoms with van der Waals surface area (Å²) in [6, 6.07) is 6.29. The molecule has 1 aromatic carbocycles. The first-order valence-corrected chi connectivity index (χ1v) is 12.4. The number of hydrogen-bond donors (Lipinski definition) is 2. The Kier molecular flexibility index (Phi) is 7.12. The lowest BCUT2D eigenvalue weighted by atomic mass is 9.93. The van der Waals surface area contributed by atoms with Crippen LogP contribution in [0.4, 0.5) is 30.4 Å². The van der Waals surface area contributed by atoms with Crippen molar-refractivity contribution in [3.05, 3.63) is 58.7 Å². The molecule has 4 heterocycles. The first-order valence-electron chi connectivity index (χ1n) is 12.0. The molecule has 0 saturated carbocycles. The van der Waals surface area contributed by atoms with E-state index in [0.717, 1.165) is 29.1 Å². The lowest BCUT2D eigenvalue weighted by Gasteiger charge is -2.30. The molecule has 1 fully saturated rings. The summed E-state index contributed by atoms with van der Waals surface area (Å²) >= 11 is 6.32. The highest BCUT2D eigenvalue weighted by atomic mass is 35.5. The van der Waals surface area contributed by atoms with Crippen molar-refractivity contribution in [2.24, 2.45) is 0 Å². The summed E-state index contributed by atoms with van der Waals surface area (Å²) in [5.41, 5.74) is 1.16. The van der Waals surface area contributed by atoms with Crippen LogP contribution in [0.1, 0.15) is 24.1 Å². The first-order chi connectivity index (χ1) is 18.6. The molecule has 2 N–H and O–H groups in total. The Morgan fingerprint density at radius 2 is 2.03 bits per heavy atom. The number of anilines is 3. The molecule has 39 heavy (non-hydrogen) atoms. The number of carbonyl (C=O) groups excluding carboxylic acids is 1. The number of carbonyl (C=O) groups is 1. The van der Waals surface area contributed by atoms with Crippen molar-refractivity contribution in [3.8, 4) is 5.95 Å². The monoisotopic (exact) mass is 563 g/mol. The summed E-state index contributed by atoms with van der Waals surface area (Å²) in [7, 11) is 3.76. The van der Waals surface area contributed by atoms with Crippen molar-refractivity contribution in [1.82, 2.24) is 25.1 Å². The van der Waals surface area contributed by atoms with Crippen molar-refractivity contribution in [1.29, 1.82) is 0 Å². The van der Waals surface area contributed by atoms with E-state index in [9.17, 15) is 18.0 Å². The SMILES string of the molecule is CN(C)c1ccc(Nc2nc(-n3ccc(C(F)(F)F)n3)ncc2Cl)cc1C1=C(C=O)OCCC2(CCOC2)N1. The van der Waals surface area contributed by atoms with Crippen molar-refractivity contribution < 1.29 is 27.4 Å². The predicted molar refractivity (Wildman–Crippen MR) is 138 cm³/mol. The van der Waals surface area contributed by atoms with E-state index in [1.165, 1.54) is 6.20 Å². The van der Waals surface area contributed by atoms with E-state index in [1.54, 1.807) is 6.07 Å². The van der Waals surface area contributed by atoms with Crippen LogP contribution in [-0.4, -0.2) is 65.5 Å².